The SMILES string of the molecule is Cc1nc(Cc2cccc(C(F)(F)F)c2)sc1C1CCNCC1. The molecule has 1 aromatic heterocycles. The van der Waals surface area contributed by atoms with Crippen molar-refractivity contribution in [1.82, 2.24) is 10.3 Å². The van der Waals surface area contributed by atoms with Gasteiger partial charge < -0.3 is 5.32 Å². The van der Waals surface area contributed by atoms with Crippen LogP contribution >= 0.6 is 11.3 Å². The number of nitrogens with one attached hydrogen (secondary N) is 1. The lowest BCUT2D eigenvalue weighted by Gasteiger charge is -2.21. The van der Waals surface area contributed by atoms with Crippen molar-refractivity contribution >= 4 is 11.3 Å². The van der Waals surface area contributed by atoms with Gasteiger partial charge in [-0.1, -0.05) is 18.2 Å². The first-order valence-corrected chi connectivity index (χ1v) is 8.58. The van der Waals surface area contributed by atoms with Crippen LogP contribution in [0.2, 0.25) is 0 Å². The molecule has 1 aromatic carbocycles. The third kappa shape index (κ3) is 3.93. The first kappa shape index (κ1) is 16.5. The summed E-state index contributed by atoms with van der Waals surface area (Å²) in [5, 5.41) is 4.25. The molecule has 0 spiro atoms. The maximum absolute atomic E-state index is 12.8. The third-order valence-electron chi connectivity index (χ3n) is 4.20. The van der Waals surface area contributed by atoms with Gasteiger partial charge in [-0.2, -0.15) is 13.2 Å². The highest BCUT2D eigenvalue weighted by Gasteiger charge is 2.30. The molecule has 1 aliphatic heterocycles. The zero-order chi connectivity index (χ0) is 16.4. The van der Waals surface area contributed by atoms with E-state index in [2.05, 4.69) is 10.3 Å². The summed E-state index contributed by atoms with van der Waals surface area (Å²) in [5.74, 6) is 0.531. The van der Waals surface area contributed by atoms with Crippen molar-refractivity contribution in [2.24, 2.45) is 0 Å². The van der Waals surface area contributed by atoms with E-state index in [-0.39, 0.29) is 0 Å². The van der Waals surface area contributed by atoms with E-state index in [1.807, 2.05) is 6.92 Å². The number of alkyl halides is 3. The Morgan fingerprint density at radius 3 is 2.70 bits per heavy atom. The lowest BCUT2D eigenvalue weighted by molar-refractivity contribution is -0.137. The van der Waals surface area contributed by atoms with Crippen LogP contribution in [-0.2, 0) is 12.6 Å². The van der Waals surface area contributed by atoms with Gasteiger partial charge in [-0.25, -0.2) is 4.98 Å². The van der Waals surface area contributed by atoms with Crippen molar-refractivity contribution in [3.05, 3.63) is 51.0 Å². The summed E-state index contributed by atoms with van der Waals surface area (Å²) < 4.78 is 38.4. The molecule has 0 saturated carbocycles. The predicted molar refractivity (Wildman–Crippen MR) is 85.9 cm³/mol. The van der Waals surface area contributed by atoms with Crippen LogP contribution in [-0.4, -0.2) is 18.1 Å². The zero-order valence-electron chi connectivity index (χ0n) is 12.9. The van der Waals surface area contributed by atoms with Gasteiger partial charge in [-0.15, -0.1) is 11.3 Å². The second kappa shape index (κ2) is 6.61. The number of nitrogens with zero attached hydrogens (tertiary/aromatic N) is 1. The number of aryl methyl sites for hydroxylation is 1. The molecular formula is C17H19F3N2S. The maximum atomic E-state index is 12.8. The van der Waals surface area contributed by atoms with E-state index < -0.39 is 11.7 Å². The fourth-order valence-corrected chi connectivity index (χ4v) is 4.31. The number of benzene rings is 1. The summed E-state index contributed by atoms with van der Waals surface area (Å²) in [4.78, 5) is 5.89. The molecule has 1 fully saturated rings. The molecular weight excluding hydrogens is 321 g/mol. The quantitative estimate of drug-likeness (QED) is 0.888. The smallest absolute Gasteiger partial charge is 0.317 e. The minimum Gasteiger partial charge on any atom is -0.317 e. The average Bonchev–Trinajstić information content (AvgIpc) is 2.88. The second-order valence-corrected chi connectivity index (χ2v) is 7.07. The van der Waals surface area contributed by atoms with Crippen molar-refractivity contribution in [3.8, 4) is 0 Å². The van der Waals surface area contributed by atoms with Crippen LogP contribution in [0.25, 0.3) is 0 Å². The molecule has 0 radical (unpaired) electrons. The fraction of sp³-hybridized carbons (Fsp3) is 0.471. The summed E-state index contributed by atoms with van der Waals surface area (Å²) in [6.07, 6.45) is -1.63. The van der Waals surface area contributed by atoms with E-state index in [1.54, 1.807) is 17.4 Å². The predicted octanol–water partition coefficient (Wildman–Crippen LogP) is 4.53. The summed E-state index contributed by atoms with van der Waals surface area (Å²) in [6.45, 7) is 4.04. The molecule has 1 N–H and O–H groups in total. The molecule has 3 rings (SSSR count). The van der Waals surface area contributed by atoms with Gasteiger partial charge in [0.25, 0.3) is 0 Å². The Morgan fingerprint density at radius 1 is 1.26 bits per heavy atom. The molecule has 2 heterocycles. The van der Waals surface area contributed by atoms with E-state index in [0.29, 0.717) is 17.9 Å². The molecule has 1 saturated heterocycles. The summed E-state index contributed by atoms with van der Waals surface area (Å²) >= 11 is 1.65. The molecule has 0 amide bonds. The van der Waals surface area contributed by atoms with Gasteiger partial charge in [0.05, 0.1) is 16.3 Å². The Balaban J connectivity index is 1.78. The van der Waals surface area contributed by atoms with Gasteiger partial charge in [-0.05, 0) is 50.4 Å². The Hall–Kier alpha value is -1.40. The van der Waals surface area contributed by atoms with Gasteiger partial charge in [-0.3, -0.25) is 0 Å². The molecule has 1 aliphatic rings. The number of halogens is 3. The standard InChI is InChI=1S/C17H19F3N2S/c1-11-16(13-5-7-21-8-6-13)23-15(22-11)10-12-3-2-4-14(9-12)17(18,19)20/h2-4,9,13,21H,5-8,10H2,1H3. The molecule has 2 nitrogen and oxygen atoms in total. The topological polar surface area (TPSA) is 24.9 Å². The number of hydrogen-bond donors (Lipinski definition) is 1. The van der Waals surface area contributed by atoms with Crippen molar-refractivity contribution in [2.75, 3.05) is 13.1 Å². The van der Waals surface area contributed by atoms with Crippen LogP contribution < -0.4 is 5.32 Å². The van der Waals surface area contributed by atoms with Crippen LogP contribution in [0.5, 0.6) is 0 Å². The highest BCUT2D eigenvalue weighted by molar-refractivity contribution is 7.11. The van der Waals surface area contributed by atoms with Crippen LogP contribution in [0, 0.1) is 6.92 Å². The van der Waals surface area contributed by atoms with Crippen molar-refractivity contribution in [2.45, 2.75) is 38.3 Å². The molecule has 23 heavy (non-hydrogen) atoms. The Kier molecular flexibility index (Phi) is 4.73. The van der Waals surface area contributed by atoms with Gasteiger partial charge in [0.1, 0.15) is 0 Å². The van der Waals surface area contributed by atoms with E-state index in [4.69, 9.17) is 0 Å². The largest absolute Gasteiger partial charge is 0.416 e. The van der Waals surface area contributed by atoms with Crippen molar-refractivity contribution < 1.29 is 13.2 Å². The lowest BCUT2D eigenvalue weighted by Crippen LogP contribution is -2.26. The summed E-state index contributed by atoms with van der Waals surface area (Å²) in [6, 6.07) is 5.53. The van der Waals surface area contributed by atoms with Crippen molar-refractivity contribution in [3.63, 3.8) is 0 Å². The molecule has 124 valence electrons. The lowest BCUT2D eigenvalue weighted by atomic mass is 9.96. The number of rotatable bonds is 3. The van der Waals surface area contributed by atoms with Crippen LogP contribution in [0.4, 0.5) is 13.2 Å². The molecule has 6 heteroatoms. The average molecular weight is 340 g/mol. The fourth-order valence-electron chi connectivity index (χ4n) is 3.04. The Morgan fingerprint density at radius 2 is 2.00 bits per heavy atom. The van der Waals surface area contributed by atoms with E-state index in [0.717, 1.165) is 42.7 Å². The normalized spacial score (nSPS) is 16.7. The molecule has 0 unspecified atom stereocenters. The summed E-state index contributed by atoms with van der Waals surface area (Å²) in [5.41, 5.74) is 1.09. The highest BCUT2D eigenvalue weighted by atomic mass is 32.1. The Labute approximate surface area is 137 Å². The molecule has 2 aromatic rings. The van der Waals surface area contributed by atoms with Gasteiger partial charge >= 0.3 is 6.18 Å². The Bertz CT molecular complexity index is 673. The second-order valence-electron chi connectivity index (χ2n) is 5.96. The first-order chi connectivity index (χ1) is 10.9. The number of aromatic nitrogens is 1. The third-order valence-corrected chi connectivity index (χ3v) is 5.52. The molecule has 0 bridgehead atoms. The highest BCUT2D eigenvalue weighted by Crippen LogP contribution is 2.34. The molecule has 0 atom stereocenters. The number of piperidine rings is 1. The van der Waals surface area contributed by atoms with E-state index in [1.165, 1.54) is 17.0 Å². The van der Waals surface area contributed by atoms with Gasteiger partial charge in [0.2, 0.25) is 0 Å². The number of thiazole rings is 1. The van der Waals surface area contributed by atoms with E-state index in [9.17, 15) is 13.2 Å². The van der Waals surface area contributed by atoms with Crippen LogP contribution in [0.3, 0.4) is 0 Å². The maximum Gasteiger partial charge on any atom is 0.416 e. The van der Waals surface area contributed by atoms with Gasteiger partial charge in [0.15, 0.2) is 0 Å². The van der Waals surface area contributed by atoms with Crippen molar-refractivity contribution in [1.29, 1.82) is 0 Å². The van der Waals surface area contributed by atoms with Gasteiger partial charge in [0, 0.05) is 11.3 Å². The zero-order valence-corrected chi connectivity index (χ0v) is 13.7. The summed E-state index contributed by atoms with van der Waals surface area (Å²) in [7, 11) is 0. The van der Waals surface area contributed by atoms with E-state index >= 15 is 0 Å². The first-order valence-electron chi connectivity index (χ1n) is 7.76. The van der Waals surface area contributed by atoms with Crippen LogP contribution in [0.15, 0.2) is 24.3 Å². The monoisotopic (exact) mass is 340 g/mol. The minimum absolute atomic E-state index is 0.459. The minimum atomic E-state index is -4.30. The number of hydrogen-bond acceptors (Lipinski definition) is 3. The van der Waals surface area contributed by atoms with Crippen LogP contribution in [0.1, 0.15) is 45.5 Å². The molecule has 0 aliphatic carbocycles.